The van der Waals surface area contributed by atoms with E-state index in [1.54, 1.807) is 29.2 Å². The first-order valence-corrected chi connectivity index (χ1v) is 11.4. The number of hydrogen-bond acceptors (Lipinski definition) is 3. The maximum Gasteiger partial charge on any atom is 0.321 e. The monoisotopic (exact) mass is 456 g/mol. The molecular formula is C27H28N4O3. The molecule has 1 saturated heterocycles. The molecule has 7 heteroatoms. The number of urea groups is 2. The summed E-state index contributed by atoms with van der Waals surface area (Å²) >= 11 is 0. The maximum atomic E-state index is 12.7. The zero-order chi connectivity index (χ0) is 23.9. The minimum atomic E-state index is -0.257. The van der Waals surface area contributed by atoms with E-state index >= 15 is 0 Å². The van der Waals surface area contributed by atoms with Crippen molar-refractivity contribution in [3.8, 4) is 11.1 Å². The predicted octanol–water partition coefficient (Wildman–Crippen LogP) is 5.37. The average molecular weight is 457 g/mol. The molecule has 174 valence electrons. The minimum Gasteiger partial charge on any atom is -0.335 e. The van der Waals surface area contributed by atoms with Crippen LogP contribution in [0.5, 0.6) is 0 Å². The summed E-state index contributed by atoms with van der Waals surface area (Å²) in [7, 11) is 0. The van der Waals surface area contributed by atoms with Crippen LogP contribution in [-0.2, 0) is 0 Å². The molecule has 0 spiro atoms. The van der Waals surface area contributed by atoms with Gasteiger partial charge in [0.2, 0.25) is 0 Å². The number of nitrogens with one attached hydrogen (secondary N) is 3. The molecule has 1 fully saturated rings. The summed E-state index contributed by atoms with van der Waals surface area (Å²) in [5.41, 5.74) is 3.89. The van der Waals surface area contributed by atoms with E-state index < -0.39 is 0 Å². The lowest BCUT2D eigenvalue weighted by atomic mass is 10.0. The summed E-state index contributed by atoms with van der Waals surface area (Å²) in [6.45, 7) is 2.56. The number of carbonyl (C=O) groups is 3. The molecule has 0 aromatic heterocycles. The number of anilines is 2. The fourth-order valence-electron chi connectivity index (χ4n) is 4.05. The lowest BCUT2D eigenvalue weighted by Gasteiger charge is -2.32. The van der Waals surface area contributed by atoms with E-state index in [1.807, 2.05) is 54.6 Å². The van der Waals surface area contributed by atoms with Crippen LogP contribution in [0, 0.1) is 0 Å². The normalized spacial score (nSPS) is 13.7. The zero-order valence-corrected chi connectivity index (χ0v) is 19.1. The molecule has 0 bridgehead atoms. The minimum absolute atomic E-state index is 0.0195. The molecule has 1 heterocycles. The van der Waals surface area contributed by atoms with E-state index in [-0.39, 0.29) is 23.9 Å². The molecule has 4 amide bonds. The zero-order valence-electron chi connectivity index (χ0n) is 19.1. The smallest absolute Gasteiger partial charge is 0.321 e. The number of hydrogen-bond donors (Lipinski definition) is 3. The fourth-order valence-corrected chi connectivity index (χ4v) is 4.05. The SMILES string of the molecule is CC(=O)c1cccc(NC(=O)N2CCC(NC(=O)Nc3ccccc3-c3ccccc3)CC2)c1. The third-order valence-electron chi connectivity index (χ3n) is 5.90. The standard InChI is InChI=1S/C27H28N4O3/c1-19(32)21-10-7-11-23(18-21)29-27(34)31-16-14-22(15-17-31)28-26(33)30-25-13-6-5-12-24(25)20-8-3-2-4-9-20/h2-13,18,22H,14-17H2,1H3,(H,29,34)(H2,28,30,33). The Hall–Kier alpha value is -4.13. The summed E-state index contributed by atoms with van der Waals surface area (Å²) < 4.78 is 0. The third-order valence-corrected chi connectivity index (χ3v) is 5.90. The van der Waals surface area contributed by atoms with Crippen LogP contribution in [0.3, 0.4) is 0 Å². The number of Topliss-reactive ketones (excluding diaryl/α,β-unsaturated/α-hetero) is 1. The highest BCUT2D eigenvalue weighted by Gasteiger charge is 2.24. The van der Waals surface area contributed by atoms with Gasteiger partial charge in [0, 0.05) is 35.9 Å². The van der Waals surface area contributed by atoms with Crippen LogP contribution in [0.2, 0.25) is 0 Å². The topological polar surface area (TPSA) is 90.5 Å². The molecule has 7 nitrogen and oxygen atoms in total. The van der Waals surface area contributed by atoms with E-state index in [4.69, 9.17) is 0 Å². The summed E-state index contributed by atoms with van der Waals surface area (Å²) in [6.07, 6.45) is 1.32. The molecule has 3 aromatic carbocycles. The summed E-state index contributed by atoms with van der Waals surface area (Å²) in [5.74, 6) is -0.0485. The van der Waals surface area contributed by atoms with E-state index in [9.17, 15) is 14.4 Å². The molecule has 1 aliphatic heterocycles. The van der Waals surface area contributed by atoms with E-state index in [0.29, 0.717) is 37.2 Å². The second-order valence-corrected chi connectivity index (χ2v) is 8.34. The maximum absolute atomic E-state index is 12.7. The van der Waals surface area contributed by atoms with E-state index in [0.717, 1.165) is 16.8 Å². The highest BCUT2D eigenvalue weighted by atomic mass is 16.2. The Morgan fingerprint density at radius 1 is 0.824 bits per heavy atom. The number of nitrogens with zero attached hydrogens (tertiary/aromatic N) is 1. The Kier molecular flexibility index (Phi) is 7.22. The Morgan fingerprint density at radius 2 is 1.53 bits per heavy atom. The third kappa shape index (κ3) is 5.81. The first kappa shape index (κ1) is 23.0. The van der Waals surface area contributed by atoms with Crippen molar-refractivity contribution in [3.63, 3.8) is 0 Å². The van der Waals surface area contributed by atoms with Crippen molar-refractivity contribution in [2.45, 2.75) is 25.8 Å². The lowest BCUT2D eigenvalue weighted by molar-refractivity contribution is 0.101. The molecule has 4 rings (SSSR count). The van der Waals surface area contributed by atoms with Crippen LogP contribution in [-0.4, -0.2) is 41.9 Å². The van der Waals surface area contributed by atoms with Crippen LogP contribution in [0.4, 0.5) is 21.0 Å². The highest BCUT2D eigenvalue weighted by Crippen LogP contribution is 2.27. The fraction of sp³-hybridized carbons (Fsp3) is 0.222. The Morgan fingerprint density at radius 3 is 2.26 bits per heavy atom. The molecule has 1 aliphatic rings. The second kappa shape index (κ2) is 10.7. The molecule has 0 unspecified atom stereocenters. The Labute approximate surface area is 199 Å². The number of piperidine rings is 1. The second-order valence-electron chi connectivity index (χ2n) is 8.34. The highest BCUT2D eigenvalue weighted by molar-refractivity contribution is 5.97. The van der Waals surface area contributed by atoms with Crippen LogP contribution in [0.15, 0.2) is 78.9 Å². The van der Waals surface area contributed by atoms with Crippen molar-refractivity contribution in [3.05, 3.63) is 84.4 Å². The van der Waals surface area contributed by atoms with Gasteiger partial charge in [-0.2, -0.15) is 0 Å². The van der Waals surface area contributed by atoms with Gasteiger partial charge in [-0.1, -0.05) is 60.7 Å². The van der Waals surface area contributed by atoms with Crippen LogP contribution < -0.4 is 16.0 Å². The number of amides is 4. The molecule has 0 radical (unpaired) electrons. The summed E-state index contributed by atoms with van der Waals surface area (Å²) in [6, 6.07) is 24.0. The number of para-hydroxylation sites is 1. The number of carbonyl (C=O) groups excluding carboxylic acids is 3. The first-order valence-electron chi connectivity index (χ1n) is 11.4. The van der Waals surface area contributed by atoms with Gasteiger partial charge in [-0.05, 0) is 43.5 Å². The van der Waals surface area contributed by atoms with Gasteiger partial charge in [0.25, 0.3) is 0 Å². The number of ketones is 1. The average Bonchev–Trinajstić information content (AvgIpc) is 2.85. The van der Waals surface area contributed by atoms with Gasteiger partial charge in [-0.15, -0.1) is 0 Å². The quantitative estimate of drug-likeness (QED) is 0.451. The first-order chi connectivity index (χ1) is 16.5. The van der Waals surface area contributed by atoms with Gasteiger partial charge in [0.15, 0.2) is 5.78 Å². The molecule has 3 aromatic rings. The number of benzene rings is 3. The van der Waals surface area contributed by atoms with Gasteiger partial charge in [-0.3, -0.25) is 4.79 Å². The molecule has 3 N–H and O–H groups in total. The van der Waals surface area contributed by atoms with Crippen LogP contribution in [0.1, 0.15) is 30.1 Å². The molecule has 34 heavy (non-hydrogen) atoms. The Balaban J connectivity index is 1.28. The van der Waals surface area contributed by atoms with Gasteiger partial charge in [0.05, 0.1) is 5.69 Å². The molecule has 0 aliphatic carbocycles. The molecule has 0 atom stereocenters. The largest absolute Gasteiger partial charge is 0.335 e. The van der Waals surface area contributed by atoms with Crippen LogP contribution in [0.25, 0.3) is 11.1 Å². The van der Waals surface area contributed by atoms with Gasteiger partial charge < -0.3 is 20.9 Å². The van der Waals surface area contributed by atoms with Crippen molar-refractivity contribution in [1.29, 1.82) is 0 Å². The van der Waals surface area contributed by atoms with E-state index in [1.165, 1.54) is 6.92 Å². The Bertz CT molecular complexity index is 1170. The van der Waals surface area contributed by atoms with Crippen molar-refractivity contribution >= 4 is 29.2 Å². The van der Waals surface area contributed by atoms with Crippen molar-refractivity contribution in [1.82, 2.24) is 10.2 Å². The van der Waals surface area contributed by atoms with Crippen LogP contribution >= 0.6 is 0 Å². The molecular weight excluding hydrogens is 428 g/mol. The van der Waals surface area contributed by atoms with Crippen molar-refractivity contribution in [2.75, 3.05) is 23.7 Å². The van der Waals surface area contributed by atoms with E-state index in [2.05, 4.69) is 16.0 Å². The lowest BCUT2D eigenvalue weighted by Crippen LogP contribution is -2.48. The summed E-state index contributed by atoms with van der Waals surface area (Å²) in [4.78, 5) is 38.6. The van der Waals surface area contributed by atoms with Crippen molar-refractivity contribution < 1.29 is 14.4 Å². The number of rotatable bonds is 5. The van der Waals surface area contributed by atoms with Crippen molar-refractivity contribution in [2.24, 2.45) is 0 Å². The number of likely N-dealkylation sites (tertiary alicyclic amines) is 1. The van der Waals surface area contributed by atoms with Gasteiger partial charge >= 0.3 is 12.1 Å². The van der Waals surface area contributed by atoms with Gasteiger partial charge in [-0.25, -0.2) is 9.59 Å². The van der Waals surface area contributed by atoms with Gasteiger partial charge in [0.1, 0.15) is 0 Å². The molecule has 0 saturated carbocycles. The predicted molar refractivity (Wildman–Crippen MR) is 134 cm³/mol. The summed E-state index contributed by atoms with van der Waals surface area (Å²) in [5, 5.41) is 8.85.